The van der Waals surface area contributed by atoms with Gasteiger partial charge < -0.3 is 0 Å². The van der Waals surface area contributed by atoms with Gasteiger partial charge in [0, 0.05) is 17.9 Å². The van der Waals surface area contributed by atoms with E-state index in [0.717, 1.165) is 18.6 Å². The minimum absolute atomic E-state index is 0.167. The Morgan fingerprint density at radius 2 is 1.07 bits per heavy atom. The van der Waals surface area contributed by atoms with Crippen LogP contribution in [0.1, 0.15) is 147 Å². The molecular formula is C40H66NP. The van der Waals surface area contributed by atoms with Gasteiger partial charge in [0.2, 0.25) is 0 Å². The fourth-order valence-electron chi connectivity index (χ4n) is 5.53. The van der Waals surface area contributed by atoms with Gasteiger partial charge in [0.05, 0.1) is 5.71 Å². The summed E-state index contributed by atoms with van der Waals surface area (Å²) in [5.41, 5.74) is 12.8. The molecule has 0 spiro atoms. The number of hydrogen-bond donors (Lipinski definition) is 0. The first-order valence-corrected chi connectivity index (χ1v) is 18.1. The lowest BCUT2D eigenvalue weighted by Gasteiger charge is -2.26. The van der Waals surface area contributed by atoms with Crippen LogP contribution in [0.15, 0.2) is 73.9 Å². The van der Waals surface area contributed by atoms with Crippen LogP contribution >= 0.6 is 8.20 Å². The maximum Gasteiger partial charge on any atom is 0.0766 e. The quantitative estimate of drug-likeness (QED) is 0.108. The van der Waals surface area contributed by atoms with Gasteiger partial charge in [-0.25, -0.2) is 0 Å². The summed E-state index contributed by atoms with van der Waals surface area (Å²) >= 11 is 0. The Bertz CT molecular complexity index is 1050. The van der Waals surface area contributed by atoms with Crippen molar-refractivity contribution in [2.24, 2.45) is 15.8 Å². The van der Waals surface area contributed by atoms with Crippen molar-refractivity contribution in [1.82, 2.24) is 0 Å². The van der Waals surface area contributed by atoms with Crippen molar-refractivity contribution < 1.29 is 0 Å². The number of unbranched alkanes of at least 4 members (excludes halogenated alkanes) is 6. The van der Waals surface area contributed by atoms with E-state index < -0.39 is 0 Å². The molecule has 236 valence electrons. The van der Waals surface area contributed by atoms with E-state index in [0.29, 0.717) is 0 Å². The highest BCUT2D eigenvalue weighted by atomic mass is 31.1. The van der Waals surface area contributed by atoms with E-state index in [4.69, 9.17) is 4.99 Å². The van der Waals surface area contributed by atoms with E-state index in [2.05, 4.69) is 114 Å². The number of allylic oxidation sites excluding steroid dienone is 12. The summed E-state index contributed by atoms with van der Waals surface area (Å²) < 4.78 is 0. The molecule has 0 aromatic heterocycles. The SMILES string of the molecule is CCCCCCC(/C=C(\C)C1=CC=C(/C(C)=C/C(CCCCCC)=C(\C)C(C)(C)C)C(=PC)C1=NC)=C(/C)C(C)(C)C. The van der Waals surface area contributed by atoms with Crippen molar-refractivity contribution in [3.05, 3.63) is 68.9 Å². The van der Waals surface area contributed by atoms with Gasteiger partial charge >= 0.3 is 0 Å². The van der Waals surface area contributed by atoms with Gasteiger partial charge in [-0.05, 0) is 98.7 Å². The van der Waals surface area contributed by atoms with Crippen molar-refractivity contribution in [3.63, 3.8) is 0 Å². The molecule has 0 unspecified atom stereocenters. The highest BCUT2D eigenvalue weighted by Crippen LogP contribution is 2.35. The summed E-state index contributed by atoms with van der Waals surface area (Å²) in [6, 6.07) is 0. The first-order chi connectivity index (χ1) is 19.6. The molecule has 1 aliphatic rings. The molecule has 0 amide bonds. The Morgan fingerprint density at radius 3 is 1.43 bits per heavy atom. The second kappa shape index (κ2) is 18.2. The van der Waals surface area contributed by atoms with Gasteiger partial charge in [0.25, 0.3) is 0 Å². The molecule has 0 aliphatic heterocycles. The molecule has 0 aromatic rings. The van der Waals surface area contributed by atoms with Gasteiger partial charge in [-0.2, -0.15) is 0 Å². The largest absolute Gasteiger partial charge is 0.287 e. The molecule has 0 bridgehead atoms. The van der Waals surface area contributed by atoms with E-state index in [9.17, 15) is 0 Å². The molecule has 0 atom stereocenters. The van der Waals surface area contributed by atoms with Crippen molar-refractivity contribution >= 4 is 19.2 Å². The van der Waals surface area contributed by atoms with Crippen LogP contribution in [0.4, 0.5) is 0 Å². The zero-order valence-corrected chi connectivity index (χ0v) is 31.2. The summed E-state index contributed by atoms with van der Waals surface area (Å²) in [7, 11) is 3.23. The minimum atomic E-state index is 0.167. The van der Waals surface area contributed by atoms with Crippen molar-refractivity contribution in [1.29, 1.82) is 0 Å². The third-order valence-corrected chi connectivity index (χ3v) is 9.94. The average Bonchev–Trinajstić information content (AvgIpc) is 2.93. The number of hydrogen-bond acceptors (Lipinski definition) is 1. The van der Waals surface area contributed by atoms with Gasteiger partial charge in [-0.1, -0.05) is 138 Å². The third kappa shape index (κ3) is 11.8. The molecule has 42 heavy (non-hydrogen) atoms. The second-order valence-corrected chi connectivity index (χ2v) is 15.3. The number of aliphatic imine (C=N–C) groups is 1. The van der Waals surface area contributed by atoms with Crippen LogP contribution in [0.3, 0.4) is 0 Å². The van der Waals surface area contributed by atoms with Crippen LogP contribution in [0.25, 0.3) is 0 Å². The lowest BCUT2D eigenvalue weighted by molar-refractivity contribution is 0.495. The average molecular weight is 592 g/mol. The molecule has 2 heteroatoms. The van der Waals surface area contributed by atoms with Gasteiger partial charge in [0.15, 0.2) is 0 Å². The Kier molecular flexibility index (Phi) is 16.6. The molecule has 1 rings (SSSR count). The van der Waals surface area contributed by atoms with E-state index >= 15 is 0 Å². The van der Waals surface area contributed by atoms with Gasteiger partial charge in [0.1, 0.15) is 0 Å². The predicted octanol–water partition coefficient (Wildman–Crippen LogP) is 13.2. The molecule has 1 nitrogen and oxygen atoms in total. The van der Waals surface area contributed by atoms with Gasteiger partial charge in [-0.15, -0.1) is 0 Å². The smallest absolute Gasteiger partial charge is 0.0766 e. The summed E-state index contributed by atoms with van der Waals surface area (Å²) in [6.45, 7) is 30.2. The Balaban J connectivity index is 3.63. The topological polar surface area (TPSA) is 12.4 Å². The first-order valence-electron chi connectivity index (χ1n) is 16.8. The van der Waals surface area contributed by atoms with Crippen LogP contribution in [-0.2, 0) is 0 Å². The lowest BCUT2D eigenvalue weighted by Crippen LogP contribution is -2.22. The molecule has 0 saturated carbocycles. The summed E-state index contributed by atoms with van der Waals surface area (Å²) in [5, 5.41) is 1.34. The summed E-state index contributed by atoms with van der Waals surface area (Å²) in [5.74, 6) is 0. The highest BCUT2D eigenvalue weighted by Gasteiger charge is 2.24. The molecule has 0 fully saturated rings. The Morgan fingerprint density at radius 1 is 0.667 bits per heavy atom. The molecule has 1 aliphatic carbocycles. The first kappa shape index (κ1) is 38.3. The fourth-order valence-corrected chi connectivity index (χ4v) is 6.45. The second-order valence-electron chi connectivity index (χ2n) is 14.4. The Labute approximate surface area is 264 Å². The normalized spacial score (nSPS) is 18.7. The van der Waals surface area contributed by atoms with Crippen molar-refractivity contribution in [2.75, 3.05) is 13.7 Å². The zero-order chi connectivity index (χ0) is 32.1. The van der Waals surface area contributed by atoms with Crippen LogP contribution < -0.4 is 0 Å². The van der Waals surface area contributed by atoms with E-state index in [-0.39, 0.29) is 10.8 Å². The molecule has 0 aromatic carbocycles. The van der Waals surface area contributed by atoms with Crippen LogP contribution in [0, 0.1) is 10.8 Å². The van der Waals surface area contributed by atoms with E-state index in [1.54, 1.807) is 0 Å². The molecule has 0 heterocycles. The predicted molar refractivity (Wildman–Crippen MR) is 197 cm³/mol. The third-order valence-electron chi connectivity index (χ3n) is 9.04. The zero-order valence-electron chi connectivity index (χ0n) is 30.3. The van der Waals surface area contributed by atoms with Crippen LogP contribution in [0.5, 0.6) is 0 Å². The number of nitrogens with zero attached hydrogens (tertiary/aromatic N) is 1. The van der Waals surface area contributed by atoms with Crippen LogP contribution in [-0.4, -0.2) is 24.7 Å². The molecular weight excluding hydrogens is 525 g/mol. The van der Waals surface area contributed by atoms with Crippen LogP contribution in [0.2, 0.25) is 0 Å². The summed E-state index contributed by atoms with van der Waals surface area (Å²) in [6.07, 6.45) is 22.3. The van der Waals surface area contributed by atoms with E-state index in [1.807, 2.05) is 7.05 Å². The maximum atomic E-state index is 4.91. The standard InChI is InChI=1S/C40H66NP/c1-15-17-19-21-23-33(31(5)39(7,8)9)27-29(3)35-25-26-36(38(42-14)37(35)41-13)30(4)28-34(24-22-20-18-16-2)32(6)40(10,11)12/h25-28H,15-24H2,1-14H3/b29-27+,30-28+,33-31+,34-32+,41-37?. The summed E-state index contributed by atoms with van der Waals surface area (Å²) in [4.78, 5) is 4.91. The monoisotopic (exact) mass is 591 g/mol. The number of rotatable bonds is 14. The molecule has 0 saturated heterocycles. The van der Waals surface area contributed by atoms with Crippen molar-refractivity contribution in [3.8, 4) is 0 Å². The Hall–Kier alpha value is -1.72. The van der Waals surface area contributed by atoms with Crippen molar-refractivity contribution in [2.45, 2.75) is 147 Å². The van der Waals surface area contributed by atoms with E-state index in [1.165, 1.54) is 109 Å². The van der Waals surface area contributed by atoms with Gasteiger partial charge in [-0.3, -0.25) is 4.99 Å². The minimum Gasteiger partial charge on any atom is -0.287 e. The fraction of sp³-hybridized carbons (Fsp3) is 0.650. The highest BCUT2D eigenvalue weighted by molar-refractivity contribution is 7.44. The molecule has 0 radical (unpaired) electrons. The molecule has 0 N–H and O–H groups in total. The lowest BCUT2D eigenvalue weighted by atomic mass is 9.81. The maximum absolute atomic E-state index is 4.91.